The van der Waals surface area contributed by atoms with Crippen molar-refractivity contribution in [1.29, 1.82) is 0 Å². The number of hydrogen-bond donors (Lipinski definition) is 0. The Hall–Kier alpha value is -0.350. The van der Waals surface area contributed by atoms with Gasteiger partial charge in [0.2, 0.25) is 5.91 Å². The summed E-state index contributed by atoms with van der Waals surface area (Å²) >= 11 is 5.11. The molecule has 1 unspecified atom stereocenters. The van der Waals surface area contributed by atoms with E-state index in [-0.39, 0.29) is 11.3 Å². The third-order valence-corrected chi connectivity index (χ3v) is 4.50. The van der Waals surface area contributed by atoms with Crippen molar-refractivity contribution in [3.63, 3.8) is 0 Å². The van der Waals surface area contributed by atoms with Gasteiger partial charge in [-0.2, -0.15) is 0 Å². The van der Waals surface area contributed by atoms with E-state index in [4.69, 9.17) is 0 Å². The van der Waals surface area contributed by atoms with E-state index in [0.29, 0.717) is 18.9 Å². The topological polar surface area (TPSA) is 20.3 Å². The molecule has 1 heterocycles. The van der Waals surface area contributed by atoms with Gasteiger partial charge in [-0.15, -0.1) is 11.3 Å². The summed E-state index contributed by atoms with van der Waals surface area (Å²) in [5.74, 6) is 0.670. The van der Waals surface area contributed by atoms with Crippen LogP contribution in [0.1, 0.15) is 46.1 Å². The van der Waals surface area contributed by atoms with E-state index in [9.17, 15) is 4.79 Å². The number of thiophene rings is 1. The van der Waals surface area contributed by atoms with Crippen molar-refractivity contribution in [1.82, 2.24) is 4.90 Å². The fraction of sp³-hybridized carbons (Fsp3) is 0.667. The van der Waals surface area contributed by atoms with Gasteiger partial charge < -0.3 is 4.90 Å². The first-order valence-electron chi connectivity index (χ1n) is 6.64. The van der Waals surface area contributed by atoms with E-state index < -0.39 is 0 Å². The molecule has 0 N–H and O–H groups in total. The normalized spacial score (nSPS) is 13.4. The van der Waals surface area contributed by atoms with Gasteiger partial charge in [0.1, 0.15) is 0 Å². The fourth-order valence-corrected chi connectivity index (χ4v) is 3.56. The lowest BCUT2D eigenvalue weighted by atomic mass is 9.84. The number of halogens is 1. The van der Waals surface area contributed by atoms with Crippen LogP contribution in [0.3, 0.4) is 0 Å². The maximum atomic E-state index is 12.2. The van der Waals surface area contributed by atoms with E-state index >= 15 is 0 Å². The van der Waals surface area contributed by atoms with Crippen molar-refractivity contribution in [2.24, 2.45) is 11.3 Å². The zero-order chi connectivity index (χ0) is 14.6. The number of rotatable bonds is 5. The number of carbonyl (C=O) groups is 1. The quantitative estimate of drug-likeness (QED) is 0.740. The standard InChI is InChI=1S/C15H24BrNOS/c1-11(8-15(2,3)4)6-14(18)17(5)9-12-7-13(16)19-10-12/h7,10-11H,6,8-9H2,1-5H3. The van der Waals surface area contributed by atoms with Crippen LogP contribution in [0.25, 0.3) is 0 Å². The zero-order valence-corrected chi connectivity index (χ0v) is 14.9. The van der Waals surface area contributed by atoms with Gasteiger partial charge in [0.15, 0.2) is 0 Å². The lowest BCUT2D eigenvalue weighted by Gasteiger charge is -2.24. The van der Waals surface area contributed by atoms with Crippen molar-refractivity contribution in [3.8, 4) is 0 Å². The van der Waals surface area contributed by atoms with Crippen molar-refractivity contribution >= 4 is 33.2 Å². The van der Waals surface area contributed by atoms with Crippen LogP contribution in [-0.4, -0.2) is 17.9 Å². The average Bonchev–Trinajstić information content (AvgIpc) is 2.60. The first-order chi connectivity index (χ1) is 8.67. The van der Waals surface area contributed by atoms with Gasteiger partial charge in [-0.1, -0.05) is 27.7 Å². The first kappa shape index (κ1) is 16.7. The number of nitrogens with zero attached hydrogens (tertiary/aromatic N) is 1. The Kier molecular flexibility index (Phi) is 6.06. The lowest BCUT2D eigenvalue weighted by molar-refractivity contribution is -0.131. The highest BCUT2D eigenvalue weighted by Crippen LogP contribution is 2.26. The van der Waals surface area contributed by atoms with Crippen molar-refractivity contribution in [2.45, 2.75) is 47.1 Å². The molecule has 0 fully saturated rings. The second-order valence-corrected chi connectivity index (χ2v) is 8.87. The van der Waals surface area contributed by atoms with Gasteiger partial charge in [0, 0.05) is 20.0 Å². The summed E-state index contributed by atoms with van der Waals surface area (Å²) in [5, 5.41) is 2.09. The Bertz CT molecular complexity index is 422. The van der Waals surface area contributed by atoms with E-state index in [1.165, 1.54) is 5.56 Å². The Morgan fingerprint density at radius 2 is 2.11 bits per heavy atom. The van der Waals surface area contributed by atoms with E-state index in [2.05, 4.69) is 55.1 Å². The van der Waals surface area contributed by atoms with Crippen molar-refractivity contribution < 1.29 is 4.79 Å². The molecule has 1 aromatic heterocycles. The molecule has 0 spiro atoms. The Morgan fingerprint density at radius 1 is 1.47 bits per heavy atom. The molecule has 1 aromatic rings. The van der Waals surface area contributed by atoms with Crippen LogP contribution in [0.5, 0.6) is 0 Å². The summed E-state index contributed by atoms with van der Waals surface area (Å²) in [6.45, 7) is 9.53. The summed E-state index contributed by atoms with van der Waals surface area (Å²) < 4.78 is 1.12. The van der Waals surface area contributed by atoms with E-state index in [0.717, 1.165) is 10.2 Å². The molecule has 1 amide bonds. The summed E-state index contributed by atoms with van der Waals surface area (Å²) in [6, 6.07) is 2.08. The van der Waals surface area contributed by atoms with Gasteiger partial charge in [-0.25, -0.2) is 0 Å². The van der Waals surface area contributed by atoms with Crippen LogP contribution in [0.15, 0.2) is 15.2 Å². The third-order valence-electron chi connectivity index (χ3n) is 2.95. The minimum atomic E-state index is 0.235. The van der Waals surface area contributed by atoms with Crippen LogP contribution in [0.2, 0.25) is 0 Å². The van der Waals surface area contributed by atoms with Crippen LogP contribution >= 0.6 is 27.3 Å². The van der Waals surface area contributed by atoms with Gasteiger partial charge >= 0.3 is 0 Å². The molecule has 0 bridgehead atoms. The molecule has 1 atom stereocenters. The van der Waals surface area contributed by atoms with Crippen molar-refractivity contribution in [3.05, 3.63) is 20.8 Å². The average molecular weight is 346 g/mol. The van der Waals surface area contributed by atoms with Gasteiger partial charge in [-0.05, 0) is 50.7 Å². The SMILES string of the molecule is CC(CC(=O)N(C)Cc1csc(Br)c1)CC(C)(C)C. The molecule has 0 radical (unpaired) electrons. The van der Waals surface area contributed by atoms with Crippen LogP contribution in [-0.2, 0) is 11.3 Å². The Morgan fingerprint density at radius 3 is 2.58 bits per heavy atom. The smallest absolute Gasteiger partial charge is 0.222 e. The zero-order valence-electron chi connectivity index (χ0n) is 12.5. The minimum absolute atomic E-state index is 0.235. The first-order valence-corrected chi connectivity index (χ1v) is 8.31. The van der Waals surface area contributed by atoms with E-state index in [1.807, 2.05) is 11.9 Å². The molecule has 0 saturated heterocycles. The molecule has 4 heteroatoms. The molecule has 2 nitrogen and oxygen atoms in total. The van der Waals surface area contributed by atoms with E-state index in [1.54, 1.807) is 11.3 Å². The molecule has 108 valence electrons. The number of carbonyl (C=O) groups excluding carboxylic acids is 1. The number of hydrogen-bond acceptors (Lipinski definition) is 2. The van der Waals surface area contributed by atoms with Crippen LogP contribution < -0.4 is 0 Å². The predicted molar refractivity (Wildman–Crippen MR) is 86.3 cm³/mol. The molecule has 1 rings (SSSR count). The maximum Gasteiger partial charge on any atom is 0.222 e. The van der Waals surface area contributed by atoms with Crippen LogP contribution in [0.4, 0.5) is 0 Å². The summed E-state index contributed by atoms with van der Waals surface area (Å²) in [5.41, 5.74) is 1.48. The van der Waals surface area contributed by atoms with Crippen molar-refractivity contribution in [2.75, 3.05) is 7.05 Å². The lowest BCUT2D eigenvalue weighted by Crippen LogP contribution is -2.28. The molecular formula is C15H24BrNOS. The second-order valence-electron chi connectivity index (χ2n) is 6.58. The molecule has 0 aliphatic rings. The maximum absolute atomic E-state index is 12.2. The monoisotopic (exact) mass is 345 g/mol. The number of amides is 1. The Balaban J connectivity index is 2.44. The summed E-state index contributed by atoms with van der Waals surface area (Å²) in [4.78, 5) is 14.0. The molecular weight excluding hydrogens is 322 g/mol. The Labute approximate surface area is 129 Å². The highest BCUT2D eigenvalue weighted by atomic mass is 79.9. The largest absolute Gasteiger partial charge is 0.341 e. The summed E-state index contributed by atoms with van der Waals surface area (Å²) in [6.07, 6.45) is 1.72. The molecule has 0 aliphatic carbocycles. The highest BCUT2D eigenvalue weighted by Gasteiger charge is 2.19. The molecule has 0 saturated carbocycles. The molecule has 0 aliphatic heterocycles. The summed E-state index contributed by atoms with van der Waals surface area (Å²) in [7, 11) is 1.89. The predicted octanol–water partition coefficient (Wildman–Crippen LogP) is 4.93. The van der Waals surface area contributed by atoms with Crippen LogP contribution in [0, 0.1) is 11.3 Å². The molecule has 0 aromatic carbocycles. The highest BCUT2D eigenvalue weighted by molar-refractivity contribution is 9.11. The fourth-order valence-electron chi connectivity index (χ4n) is 2.36. The minimum Gasteiger partial charge on any atom is -0.341 e. The van der Waals surface area contributed by atoms with Gasteiger partial charge in [0.05, 0.1) is 3.79 Å². The second kappa shape index (κ2) is 6.89. The molecule has 19 heavy (non-hydrogen) atoms. The van der Waals surface area contributed by atoms with Gasteiger partial charge in [0.25, 0.3) is 0 Å². The van der Waals surface area contributed by atoms with Gasteiger partial charge in [-0.3, -0.25) is 4.79 Å². The third kappa shape index (κ3) is 6.57.